The minimum Gasteiger partial charge on any atom is -0.392 e. The van der Waals surface area contributed by atoms with Crippen LogP contribution in [-0.4, -0.2) is 67.8 Å². The molecule has 4 nitrogen and oxygen atoms in total. The van der Waals surface area contributed by atoms with Crippen LogP contribution >= 0.6 is 0 Å². The number of hydrogen-bond donors (Lipinski definition) is 2. The fraction of sp³-hybridized carbons (Fsp3) is 1.00. The van der Waals surface area contributed by atoms with Crippen LogP contribution in [0.5, 0.6) is 0 Å². The molecule has 2 atom stereocenters. The minimum atomic E-state index is -0.335. The summed E-state index contributed by atoms with van der Waals surface area (Å²) in [5, 5.41) is 9.35. The third kappa shape index (κ3) is 4.93. The number of nitrogens with two attached hydrogens (primary N) is 1. The quantitative estimate of drug-likeness (QED) is 0.632. The summed E-state index contributed by atoms with van der Waals surface area (Å²) >= 11 is 0. The monoisotopic (exact) mass is 215 g/mol. The van der Waals surface area contributed by atoms with Gasteiger partial charge < -0.3 is 20.6 Å². The van der Waals surface area contributed by atoms with Crippen LogP contribution in [0.3, 0.4) is 0 Å². The summed E-state index contributed by atoms with van der Waals surface area (Å²) in [5.41, 5.74) is 5.36. The van der Waals surface area contributed by atoms with E-state index < -0.39 is 0 Å². The fourth-order valence-electron chi connectivity index (χ4n) is 2.19. The van der Waals surface area contributed by atoms with Crippen molar-refractivity contribution in [2.45, 2.75) is 18.9 Å². The summed E-state index contributed by atoms with van der Waals surface area (Å²) in [6.07, 6.45) is 1.76. The Kier molecular flexibility index (Phi) is 5.53. The van der Waals surface area contributed by atoms with Gasteiger partial charge in [0.25, 0.3) is 0 Å². The molecule has 0 saturated carbocycles. The van der Waals surface area contributed by atoms with E-state index in [1.54, 1.807) is 0 Å². The predicted octanol–water partition coefficient (Wildman–Crippen LogP) is -0.420. The van der Waals surface area contributed by atoms with Crippen molar-refractivity contribution in [2.24, 2.45) is 11.7 Å². The summed E-state index contributed by atoms with van der Waals surface area (Å²) in [5.74, 6) is 0.801. The molecule has 90 valence electrons. The molecule has 0 aliphatic carbocycles. The maximum atomic E-state index is 9.35. The minimum absolute atomic E-state index is 0.335. The first-order valence-corrected chi connectivity index (χ1v) is 5.87. The average molecular weight is 215 g/mol. The Hall–Kier alpha value is -0.160. The Bertz CT molecular complexity index is 177. The Balaban J connectivity index is 2.10. The van der Waals surface area contributed by atoms with Gasteiger partial charge in [-0.05, 0) is 39.4 Å². The number of rotatable bonds is 6. The van der Waals surface area contributed by atoms with Gasteiger partial charge in [0.1, 0.15) is 0 Å². The van der Waals surface area contributed by atoms with Crippen LogP contribution in [0.15, 0.2) is 0 Å². The molecule has 4 heteroatoms. The van der Waals surface area contributed by atoms with Gasteiger partial charge in [-0.15, -0.1) is 0 Å². The second kappa shape index (κ2) is 6.43. The zero-order valence-electron chi connectivity index (χ0n) is 10.0. The van der Waals surface area contributed by atoms with E-state index in [1.165, 1.54) is 19.5 Å². The molecule has 1 aliphatic heterocycles. The zero-order valence-corrected chi connectivity index (χ0v) is 10.0. The summed E-state index contributed by atoms with van der Waals surface area (Å²) in [6, 6.07) is 0. The number of hydrogen-bond acceptors (Lipinski definition) is 4. The highest BCUT2D eigenvalue weighted by atomic mass is 16.3. The molecule has 2 unspecified atom stereocenters. The smallest absolute Gasteiger partial charge is 0.0674 e. The number of aliphatic hydroxyl groups is 1. The van der Waals surface area contributed by atoms with Crippen LogP contribution < -0.4 is 5.73 Å². The lowest BCUT2D eigenvalue weighted by Gasteiger charge is -2.21. The van der Waals surface area contributed by atoms with E-state index in [4.69, 9.17) is 5.73 Å². The summed E-state index contributed by atoms with van der Waals surface area (Å²) in [4.78, 5) is 4.69. The van der Waals surface area contributed by atoms with Gasteiger partial charge in [-0.1, -0.05) is 0 Å². The van der Waals surface area contributed by atoms with Crippen LogP contribution in [0, 0.1) is 5.92 Å². The highest BCUT2D eigenvalue weighted by Gasteiger charge is 2.20. The van der Waals surface area contributed by atoms with E-state index in [0.29, 0.717) is 6.54 Å². The van der Waals surface area contributed by atoms with Crippen LogP contribution in [0.25, 0.3) is 0 Å². The van der Waals surface area contributed by atoms with Gasteiger partial charge in [0, 0.05) is 26.2 Å². The van der Waals surface area contributed by atoms with Crippen molar-refractivity contribution < 1.29 is 5.11 Å². The van der Waals surface area contributed by atoms with E-state index in [0.717, 1.165) is 25.4 Å². The number of nitrogens with zero attached hydrogens (tertiary/aromatic N) is 2. The standard InChI is InChI=1S/C11H25N3O/c1-13-5-3-10(8-13)9-14(2)6-4-11(15)7-12/h10-11,15H,3-9,12H2,1-2H3. The van der Waals surface area contributed by atoms with Crippen molar-refractivity contribution in [1.82, 2.24) is 9.80 Å². The van der Waals surface area contributed by atoms with Gasteiger partial charge >= 0.3 is 0 Å². The van der Waals surface area contributed by atoms with Crippen molar-refractivity contribution >= 4 is 0 Å². The molecule has 0 aromatic rings. The van der Waals surface area contributed by atoms with Crippen molar-refractivity contribution in [3.63, 3.8) is 0 Å². The highest BCUT2D eigenvalue weighted by Crippen LogP contribution is 2.15. The van der Waals surface area contributed by atoms with Crippen molar-refractivity contribution in [3.05, 3.63) is 0 Å². The first-order valence-electron chi connectivity index (χ1n) is 5.87. The maximum absolute atomic E-state index is 9.35. The van der Waals surface area contributed by atoms with E-state index in [2.05, 4.69) is 23.9 Å². The molecule has 1 aliphatic rings. The van der Waals surface area contributed by atoms with E-state index in [-0.39, 0.29) is 6.10 Å². The molecule has 3 N–H and O–H groups in total. The normalized spacial score (nSPS) is 25.0. The number of likely N-dealkylation sites (tertiary alicyclic amines) is 1. The first kappa shape index (κ1) is 12.9. The summed E-state index contributed by atoms with van der Waals surface area (Å²) in [6.45, 7) is 4.90. The highest BCUT2D eigenvalue weighted by molar-refractivity contribution is 4.75. The maximum Gasteiger partial charge on any atom is 0.0674 e. The van der Waals surface area contributed by atoms with Crippen molar-refractivity contribution in [1.29, 1.82) is 0 Å². The lowest BCUT2D eigenvalue weighted by molar-refractivity contribution is 0.149. The van der Waals surface area contributed by atoms with Crippen LogP contribution in [-0.2, 0) is 0 Å². The van der Waals surface area contributed by atoms with Crippen LogP contribution in [0.1, 0.15) is 12.8 Å². The van der Waals surface area contributed by atoms with Crippen molar-refractivity contribution in [3.8, 4) is 0 Å². The molecule has 15 heavy (non-hydrogen) atoms. The summed E-state index contributed by atoms with van der Waals surface area (Å²) < 4.78 is 0. The summed E-state index contributed by atoms with van der Waals surface area (Å²) in [7, 11) is 4.31. The first-order chi connectivity index (χ1) is 7.11. The van der Waals surface area contributed by atoms with Gasteiger partial charge in [-0.2, -0.15) is 0 Å². The van der Waals surface area contributed by atoms with Gasteiger partial charge in [-0.3, -0.25) is 0 Å². The van der Waals surface area contributed by atoms with Gasteiger partial charge in [-0.25, -0.2) is 0 Å². The Morgan fingerprint density at radius 1 is 1.60 bits per heavy atom. The van der Waals surface area contributed by atoms with E-state index >= 15 is 0 Å². The molecule has 0 aromatic carbocycles. The predicted molar refractivity (Wildman–Crippen MR) is 62.8 cm³/mol. The van der Waals surface area contributed by atoms with Gasteiger partial charge in [0.05, 0.1) is 6.10 Å². The third-order valence-corrected chi connectivity index (χ3v) is 3.17. The lowest BCUT2D eigenvalue weighted by atomic mass is 10.1. The second-order valence-electron chi connectivity index (χ2n) is 4.86. The molecule has 1 heterocycles. The van der Waals surface area contributed by atoms with Gasteiger partial charge in [0.15, 0.2) is 0 Å². The molecule has 1 rings (SSSR count). The molecule has 0 amide bonds. The topological polar surface area (TPSA) is 52.7 Å². The second-order valence-corrected chi connectivity index (χ2v) is 4.86. The van der Waals surface area contributed by atoms with E-state index in [1.807, 2.05) is 0 Å². The zero-order chi connectivity index (χ0) is 11.3. The molecule has 0 aromatic heterocycles. The number of aliphatic hydroxyl groups excluding tert-OH is 1. The average Bonchev–Trinajstić information content (AvgIpc) is 2.60. The lowest BCUT2D eigenvalue weighted by Crippen LogP contribution is -2.31. The third-order valence-electron chi connectivity index (χ3n) is 3.17. The Morgan fingerprint density at radius 3 is 2.87 bits per heavy atom. The van der Waals surface area contributed by atoms with Crippen molar-refractivity contribution in [2.75, 3.05) is 46.8 Å². The van der Waals surface area contributed by atoms with E-state index in [9.17, 15) is 5.11 Å². The van der Waals surface area contributed by atoms with Crippen LogP contribution in [0.4, 0.5) is 0 Å². The SMILES string of the molecule is CN(CCC(O)CN)CC1CCN(C)C1. The molecular weight excluding hydrogens is 190 g/mol. The molecule has 0 bridgehead atoms. The molecule has 1 saturated heterocycles. The molecular formula is C11H25N3O. The fourth-order valence-corrected chi connectivity index (χ4v) is 2.19. The molecule has 0 spiro atoms. The molecule has 1 fully saturated rings. The largest absolute Gasteiger partial charge is 0.392 e. The molecule has 0 radical (unpaired) electrons. The Labute approximate surface area is 93.0 Å². The Morgan fingerprint density at radius 2 is 2.33 bits per heavy atom. The van der Waals surface area contributed by atoms with Crippen LogP contribution in [0.2, 0.25) is 0 Å². The van der Waals surface area contributed by atoms with Gasteiger partial charge in [0.2, 0.25) is 0 Å².